The van der Waals surface area contributed by atoms with Crippen LogP contribution in [-0.2, 0) is 6.61 Å². The summed E-state index contributed by atoms with van der Waals surface area (Å²) in [4.78, 5) is 17.6. The molecule has 4 aromatic heterocycles. The number of carbonyl (C=O) groups is 1. The number of nitrogens with zero attached hydrogens (tertiary/aromatic N) is 4. The number of fused-ring (bicyclic) bond motifs is 2. The average molecular weight is 468 g/mol. The lowest BCUT2D eigenvalue weighted by atomic mass is 10.2. The summed E-state index contributed by atoms with van der Waals surface area (Å²) in [5.74, 6) is -1.68. The minimum atomic E-state index is -0.721. The first kappa shape index (κ1) is 20.9. The van der Waals surface area contributed by atoms with Crippen LogP contribution in [0.2, 0.25) is 5.02 Å². The molecule has 0 fully saturated rings. The summed E-state index contributed by atoms with van der Waals surface area (Å²) in [6, 6.07) is 10.6. The zero-order valence-corrected chi connectivity index (χ0v) is 18.0. The van der Waals surface area contributed by atoms with Crippen LogP contribution in [0.4, 0.5) is 14.5 Å². The van der Waals surface area contributed by atoms with E-state index in [-0.39, 0.29) is 28.6 Å². The lowest BCUT2D eigenvalue weighted by Gasteiger charge is -2.10. The molecule has 0 saturated carbocycles. The largest absolute Gasteiger partial charge is 0.485 e. The van der Waals surface area contributed by atoms with Crippen molar-refractivity contribution in [1.29, 1.82) is 0 Å². The van der Waals surface area contributed by atoms with E-state index in [1.807, 2.05) is 18.2 Å². The summed E-state index contributed by atoms with van der Waals surface area (Å²) < 4.78 is 36.8. The number of benzene rings is 1. The van der Waals surface area contributed by atoms with Gasteiger partial charge in [0.15, 0.2) is 11.4 Å². The van der Waals surface area contributed by atoms with Crippen molar-refractivity contribution in [2.24, 2.45) is 0 Å². The predicted octanol–water partition coefficient (Wildman–Crippen LogP) is 5.05. The van der Waals surface area contributed by atoms with E-state index in [0.29, 0.717) is 17.0 Å². The molecule has 0 spiro atoms. The number of halogens is 3. The van der Waals surface area contributed by atoms with Crippen molar-refractivity contribution in [3.8, 4) is 5.75 Å². The van der Waals surface area contributed by atoms with Crippen molar-refractivity contribution in [3.63, 3.8) is 0 Å². The zero-order chi connectivity index (χ0) is 23.1. The van der Waals surface area contributed by atoms with Crippen LogP contribution in [-0.4, -0.2) is 24.9 Å². The van der Waals surface area contributed by atoms with Crippen LogP contribution >= 0.6 is 11.6 Å². The summed E-state index contributed by atoms with van der Waals surface area (Å²) in [6.07, 6.45) is 4.85. The molecule has 0 atom stereocenters. The molecule has 10 heteroatoms. The van der Waals surface area contributed by atoms with E-state index in [2.05, 4.69) is 15.4 Å². The second kappa shape index (κ2) is 8.18. The lowest BCUT2D eigenvalue weighted by Crippen LogP contribution is -2.15. The first-order chi connectivity index (χ1) is 15.9. The molecule has 0 aliphatic rings. The summed E-state index contributed by atoms with van der Waals surface area (Å²) >= 11 is 6.25. The molecule has 1 amide bonds. The number of hydrogen-bond acceptors (Lipinski definition) is 4. The van der Waals surface area contributed by atoms with Crippen molar-refractivity contribution in [1.82, 2.24) is 19.0 Å². The Kier molecular flexibility index (Phi) is 5.18. The number of aryl methyl sites for hydroxylation is 1. The van der Waals surface area contributed by atoms with Gasteiger partial charge in [-0.3, -0.25) is 9.20 Å². The Morgan fingerprint density at radius 1 is 1.18 bits per heavy atom. The van der Waals surface area contributed by atoms with Gasteiger partial charge in [-0.15, -0.1) is 0 Å². The van der Waals surface area contributed by atoms with Gasteiger partial charge in [-0.25, -0.2) is 18.3 Å². The zero-order valence-electron chi connectivity index (χ0n) is 17.2. The van der Waals surface area contributed by atoms with E-state index < -0.39 is 17.5 Å². The van der Waals surface area contributed by atoms with E-state index in [0.717, 1.165) is 17.6 Å². The Balaban J connectivity index is 1.50. The summed E-state index contributed by atoms with van der Waals surface area (Å²) in [7, 11) is 0. The Labute approximate surface area is 191 Å². The Morgan fingerprint density at radius 3 is 2.76 bits per heavy atom. The molecule has 0 unspecified atom stereocenters. The number of anilines is 1. The molecule has 1 N–H and O–H groups in total. The quantitative estimate of drug-likeness (QED) is 0.392. The number of amides is 1. The van der Waals surface area contributed by atoms with Gasteiger partial charge in [0.05, 0.1) is 33.7 Å². The summed E-state index contributed by atoms with van der Waals surface area (Å²) in [5, 5.41) is 7.31. The van der Waals surface area contributed by atoms with Crippen LogP contribution in [0.3, 0.4) is 0 Å². The average Bonchev–Trinajstić information content (AvgIpc) is 3.33. The number of nitrogens with one attached hydrogen (secondary N) is 1. The van der Waals surface area contributed by atoms with Gasteiger partial charge in [0.2, 0.25) is 0 Å². The topological polar surface area (TPSA) is 72.9 Å². The van der Waals surface area contributed by atoms with Crippen molar-refractivity contribution in [3.05, 3.63) is 94.7 Å². The number of aromatic nitrogens is 4. The molecule has 4 heterocycles. The Bertz CT molecular complexity index is 1510. The first-order valence-corrected chi connectivity index (χ1v) is 10.3. The predicted molar refractivity (Wildman–Crippen MR) is 119 cm³/mol. The molecule has 1 aromatic carbocycles. The van der Waals surface area contributed by atoms with Gasteiger partial charge in [-0.2, -0.15) is 5.10 Å². The standard InChI is InChI=1S/C23H16ClF2N5O2/c1-13-21(23(32)29-18-10-27-31-8-3-2-7-19(18)31)30-11-14(24)9-20(22(30)28-13)33-12-15-16(25)5-4-6-17(15)26/h2-11H,12H2,1H3,(H,29,32). The van der Waals surface area contributed by atoms with Crippen molar-refractivity contribution >= 4 is 34.4 Å². The monoisotopic (exact) mass is 467 g/mol. The lowest BCUT2D eigenvalue weighted by molar-refractivity contribution is 0.102. The normalized spacial score (nSPS) is 11.3. The highest BCUT2D eigenvalue weighted by molar-refractivity contribution is 6.30. The van der Waals surface area contributed by atoms with Crippen molar-refractivity contribution < 1.29 is 18.3 Å². The fourth-order valence-corrected chi connectivity index (χ4v) is 3.80. The maximum Gasteiger partial charge on any atom is 0.274 e. The second-order valence-corrected chi connectivity index (χ2v) is 7.73. The molecule has 0 bridgehead atoms. The number of ether oxygens (including phenoxy) is 1. The van der Waals surface area contributed by atoms with Gasteiger partial charge in [0.25, 0.3) is 5.91 Å². The van der Waals surface area contributed by atoms with E-state index in [1.54, 1.807) is 23.8 Å². The third-order valence-corrected chi connectivity index (χ3v) is 5.36. The number of hydrogen-bond donors (Lipinski definition) is 1. The fraction of sp³-hybridized carbons (Fsp3) is 0.0870. The van der Waals surface area contributed by atoms with Gasteiger partial charge in [-0.05, 0) is 31.2 Å². The number of pyridine rings is 2. The molecule has 7 nitrogen and oxygen atoms in total. The highest BCUT2D eigenvalue weighted by Crippen LogP contribution is 2.28. The summed E-state index contributed by atoms with van der Waals surface area (Å²) in [5.41, 5.74) is 2.00. The molecule has 0 saturated heterocycles. The minimum Gasteiger partial charge on any atom is -0.485 e. The van der Waals surface area contributed by atoms with Crippen LogP contribution in [0.5, 0.6) is 5.75 Å². The van der Waals surface area contributed by atoms with E-state index in [9.17, 15) is 13.6 Å². The van der Waals surface area contributed by atoms with Crippen LogP contribution in [0.25, 0.3) is 11.2 Å². The van der Waals surface area contributed by atoms with Crippen molar-refractivity contribution in [2.75, 3.05) is 5.32 Å². The van der Waals surface area contributed by atoms with Crippen molar-refractivity contribution in [2.45, 2.75) is 13.5 Å². The molecule has 5 aromatic rings. The Morgan fingerprint density at radius 2 is 1.97 bits per heavy atom. The molecule has 5 rings (SSSR count). The molecule has 33 heavy (non-hydrogen) atoms. The third kappa shape index (κ3) is 3.76. The minimum absolute atomic E-state index is 0.184. The molecule has 0 aliphatic heterocycles. The highest BCUT2D eigenvalue weighted by atomic mass is 35.5. The number of imidazole rings is 1. The number of carbonyl (C=O) groups excluding carboxylic acids is 1. The first-order valence-electron chi connectivity index (χ1n) is 9.90. The molecule has 166 valence electrons. The van der Waals surface area contributed by atoms with Crippen LogP contribution in [0.15, 0.2) is 61.1 Å². The van der Waals surface area contributed by atoms with Gasteiger partial charge < -0.3 is 10.1 Å². The number of rotatable bonds is 5. The van der Waals surface area contributed by atoms with Crippen LogP contribution in [0, 0.1) is 18.6 Å². The van der Waals surface area contributed by atoms with Gasteiger partial charge >= 0.3 is 0 Å². The SMILES string of the molecule is Cc1nc2c(OCc3c(F)cccc3F)cc(Cl)cn2c1C(=O)Nc1cnn2ccccc12. The Hall–Kier alpha value is -3.98. The molecular formula is C23H16ClF2N5O2. The fourth-order valence-electron chi connectivity index (χ4n) is 3.61. The van der Waals surface area contributed by atoms with Gasteiger partial charge in [0.1, 0.15) is 23.9 Å². The maximum absolute atomic E-state index is 14.0. The molecule has 0 radical (unpaired) electrons. The second-order valence-electron chi connectivity index (χ2n) is 7.29. The van der Waals surface area contributed by atoms with E-state index in [1.165, 1.54) is 22.7 Å². The van der Waals surface area contributed by atoms with Gasteiger partial charge in [-0.1, -0.05) is 23.7 Å². The molecule has 0 aliphatic carbocycles. The highest BCUT2D eigenvalue weighted by Gasteiger charge is 2.21. The smallest absolute Gasteiger partial charge is 0.274 e. The third-order valence-electron chi connectivity index (χ3n) is 5.15. The molecular weight excluding hydrogens is 452 g/mol. The summed E-state index contributed by atoms with van der Waals surface area (Å²) in [6.45, 7) is 1.30. The van der Waals surface area contributed by atoms with E-state index >= 15 is 0 Å². The van der Waals surface area contributed by atoms with Crippen LogP contribution < -0.4 is 10.1 Å². The van der Waals surface area contributed by atoms with Gasteiger partial charge in [0, 0.05) is 18.5 Å². The van der Waals surface area contributed by atoms with E-state index in [4.69, 9.17) is 16.3 Å². The van der Waals surface area contributed by atoms with Crippen LogP contribution in [0.1, 0.15) is 21.7 Å². The maximum atomic E-state index is 14.0.